The van der Waals surface area contributed by atoms with Crippen molar-refractivity contribution in [2.45, 2.75) is 68.8 Å². The predicted molar refractivity (Wildman–Crippen MR) is 206 cm³/mol. The summed E-state index contributed by atoms with van der Waals surface area (Å²) in [5.74, 6) is 0.380. The van der Waals surface area contributed by atoms with Gasteiger partial charge in [-0.3, -0.25) is 9.59 Å². The number of nitrogen functional groups attached to an aromatic ring is 1. The van der Waals surface area contributed by atoms with Crippen LogP contribution in [0.4, 0.5) is 11.4 Å². The zero-order valence-electron chi connectivity index (χ0n) is 29.4. The molecule has 2 amide bonds. The number of pyridine rings is 1. The summed E-state index contributed by atoms with van der Waals surface area (Å²) in [5, 5.41) is 28.3. The van der Waals surface area contributed by atoms with E-state index in [9.17, 15) is 19.9 Å². The molecule has 0 unspecified atom stereocenters. The standard InChI is InChI=1S/C42H44N4O6S/c43-36-13-1-2-14-37(36)45-40(49)16-4-3-15-39(48)44-26-30-9-7-10-32(23-30)33-11-8-12-34(24-33)42-51-35(28-53-41-17-5-6-22-46(41)50)25-38(52-42)31-20-18-29(27-47)19-21-31/h1-2,5-14,17-24,35,38,42,47H,3-4,15-16,25-28,43H2,(H,44,48)(H,45,49)/t35-,38+,42+/m1/s1. The molecule has 3 atom stereocenters. The molecule has 0 spiro atoms. The summed E-state index contributed by atoms with van der Waals surface area (Å²) in [6.07, 6.45) is 2.86. The molecular formula is C42H44N4O6S. The summed E-state index contributed by atoms with van der Waals surface area (Å²) in [4.78, 5) is 24.9. The Balaban J connectivity index is 1.06. The zero-order chi connectivity index (χ0) is 37.0. The van der Waals surface area contributed by atoms with E-state index >= 15 is 0 Å². The van der Waals surface area contributed by atoms with Crippen molar-refractivity contribution >= 4 is 35.0 Å². The number of nitrogens with two attached hydrogens (primary N) is 1. The van der Waals surface area contributed by atoms with E-state index in [1.54, 1.807) is 24.3 Å². The number of anilines is 2. The van der Waals surface area contributed by atoms with Gasteiger partial charge in [0.05, 0.1) is 30.2 Å². The molecule has 0 radical (unpaired) electrons. The van der Waals surface area contributed by atoms with Crippen LogP contribution in [0.5, 0.6) is 0 Å². The summed E-state index contributed by atoms with van der Waals surface area (Å²) >= 11 is 1.46. The van der Waals surface area contributed by atoms with E-state index in [-0.39, 0.29) is 30.6 Å². The molecule has 2 heterocycles. The fourth-order valence-electron chi connectivity index (χ4n) is 6.13. The molecule has 0 aliphatic carbocycles. The van der Waals surface area contributed by atoms with Crippen molar-refractivity contribution < 1.29 is 28.9 Å². The molecule has 6 rings (SSSR count). The van der Waals surface area contributed by atoms with Crippen LogP contribution in [0.15, 0.2) is 126 Å². The van der Waals surface area contributed by atoms with Crippen molar-refractivity contribution in [3.8, 4) is 11.1 Å². The lowest BCUT2D eigenvalue weighted by atomic mass is 9.99. The summed E-state index contributed by atoms with van der Waals surface area (Å²) in [7, 11) is 0. The van der Waals surface area contributed by atoms with Crippen molar-refractivity contribution in [1.29, 1.82) is 0 Å². The Morgan fingerprint density at radius 2 is 1.55 bits per heavy atom. The molecule has 0 saturated carbocycles. The van der Waals surface area contributed by atoms with Gasteiger partial charge in [-0.25, -0.2) is 0 Å². The minimum absolute atomic E-state index is 0.0303. The van der Waals surface area contributed by atoms with Gasteiger partial charge in [0, 0.05) is 49.3 Å². The van der Waals surface area contributed by atoms with Crippen LogP contribution in [-0.2, 0) is 32.2 Å². The SMILES string of the molecule is Nc1ccccc1NC(=O)CCCCC(=O)NCc1cccc(-c2cccc([C@H]3O[C@@H](CSc4cccc[n+]4[O-])C[C@@H](c4ccc(CO)cc4)O3)c2)c1. The number of para-hydroxylation sites is 2. The Bertz CT molecular complexity index is 1990. The molecule has 4 aromatic carbocycles. The second-order valence-electron chi connectivity index (χ2n) is 13.0. The summed E-state index contributed by atoms with van der Waals surface area (Å²) in [5.41, 5.74) is 12.6. The van der Waals surface area contributed by atoms with E-state index < -0.39 is 6.29 Å². The normalized spacial score (nSPS) is 16.9. The van der Waals surface area contributed by atoms with Gasteiger partial charge in [-0.15, -0.1) is 0 Å². The molecule has 5 aromatic rings. The molecule has 1 aliphatic rings. The summed E-state index contributed by atoms with van der Waals surface area (Å²) < 4.78 is 14.0. The van der Waals surface area contributed by atoms with Crippen molar-refractivity contribution in [1.82, 2.24) is 5.32 Å². The number of hydrogen-bond acceptors (Lipinski definition) is 8. The fraction of sp³-hybridized carbons (Fsp3) is 0.262. The Labute approximate surface area is 313 Å². The number of benzene rings is 4. The largest absolute Gasteiger partial charge is 0.618 e. The maximum absolute atomic E-state index is 12.6. The van der Waals surface area contributed by atoms with Gasteiger partial charge in [0.25, 0.3) is 5.03 Å². The highest BCUT2D eigenvalue weighted by Crippen LogP contribution is 2.40. The molecule has 11 heteroatoms. The predicted octanol–water partition coefficient (Wildman–Crippen LogP) is 7.21. The number of thioether (sulfide) groups is 1. The van der Waals surface area contributed by atoms with Crippen LogP contribution in [-0.4, -0.2) is 28.8 Å². The molecule has 10 nitrogen and oxygen atoms in total. The van der Waals surface area contributed by atoms with Crippen LogP contribution in [0.3, 0.4) is 0 Å². The van der Waals surface area contributed by atoms with E-state index in [2.05, 4.69) is 22.8 Å². The number of carbonyl (C=O) groups excluding carboxylic acids is 2. The first-order chi connectivity index (χ1) is 25.8. The van der Waals surface area contributed by atoms with Gasteiger partial charge in [0.15, 0.2) is 12.5 Å². The van der Waals surface area contributed by atoms with E-state index in [1.807, 2.05) is 78.9 Å². The van der Waals surface area contributed by atoms with Crippen molar-refractivity contribution in [3.63, 3.8) is 0 Å². The number of nitrogens with zero attached hydrogens (tertiary/aromatic N) is 1. The van der Waals surface area contributed by atoms with Gasteiger partial charge >= 0.3 is 0 Å². The van der Waals surface area contributed by atoms with E-state index in [0.717, 1.165) is 38.1 Å². The minimum atomic E-state index is -0.642. The summed E-state index contributed by atoms with van der Waals surface area (Å²) in [6, 6.07) is 36.4. The Morgan fingerprint density at radius 1 is 0.811 bits per heavy atom. The molecule has 274 valence electrons. The van der Waals surface area contributed by atoms with E-state index in [4.69, 9.17) is 15.2 Å². The van der Waals surface area contributed by atoms with Gasteiger partial charge in [0.2, 0.25) is 11.8 Å². The lowest BCUT2D eigenvalue weighted by Gasteiger charge is -2.36. The third-order valence-corrected chi connectivity index (χ3v) is 10.2. The first kappa shape index (κ1) is 37.6. The maximum Gasteiger partial charge on any atom is 0.251 e. The number of carbonyl (C=O) groups is 2. The highest BCUT2D eigenvalue weighted by Gasteiger charge is 2.33. The van der Waals surface area contributed by atoms with Crippen LogP contribution in [0, 0.1) is 5.21 Å². The number of unbranched alkanes of at least 4 members (excludes halogenated alkanes) is 1. The summed E-state index contributed by atoms with van der Waals surface area (Å²) in [6.45, 7) is 0.354. The molecular weight excluding hydrogens is 689 g/mol. The number of aliphatic hydroxyl groups excluding tert-OH is 1. The molecule has 1 aliphatic heterocycles. The smallest absolute Gasteiger partial charge is 0.251 e. The number of ether oxygens (including phenoxy) is 2. The maximum atomic E-state index is 12.6. The molecule has 53 heavy (non-hydrogen) atoms. The van der Waals surface area contributed by atoms with E-state index in [1.165, 1.54) is 18.0 Å². The lowest BCUT2D eigenvalue weighted by Crippen LogP contribution is -2.32. The fourth-order valence-corrected chi connectivity index (χ4v) is 7.07. The first-order valence-electron chi connectivity index (χ1n) is 17.8. The number of nitrogens with one attached hydrogen (secondary N) is 2. The van der Waals surface area contributed by atoms with Crippen LogP contribution in [0.25, 0.3) is 11.1 Å². The van der Waals surface area contributed by atoms with Crippen molar-refractivity contribution in [3.05, 3.63) is 149 Å². The number of amides is 2. The second-order valence-corrected chi connectivity index (χ2v) is 14.0. The average Bonchev–Trinajstić information content (AvgIpc) is 3.19. The zero-order valence-corrected chi connectivity index (χ0v) is 30.2. The van der Waals surface area contributed by atoms with Gasteiger partial charge in [0.1, 0.15) is 0 Å². The highest BCUT2D eigenvalue weighted by atomic mass is 32.2. The van der Waals surface area contributed by atoms with Gasteiger partial charge in [-0.2, -0.15) is 4.73 Å². The average molecular weight is 733 g/mol. The van der Waals surface area contributed by atoms with Gasteiger partial charge in [-0.1, -0.05) is 84.6 Å². The Hall–Kier alpha value is -5.20. The van der Waals surface area contributed by atoms with Crippen LogP contribution in [0.2, 0.25) is 0 Å². The van der Waals surface area contributed by atoms with E-state index in [0.29, 0.717) is 60.8 Å². The molecule has 1 saturated heterocycles. The van der Waals surface area contributed by atoms with Crippen LogP contribution >= 0.6 is 11.8 Å². The second kappa shape index (κ2) is 18.5. The molecule has 0 bridgehead atoms. The number of hydrogen-bond donors (Lipinski definition) is 4. The third kappa shape index (κ3) is 10.7. The van der Waals surface area contributed by atoms with Crippen molar-refractivity contribution in [2.24, 2.45) is 0 Å². The molecule has 1 aromatic heterocycles. The molecule has 5 N–H and O–H groups in total. The number of aromatic nitrogens is 1. The number of aliphatic hydroxyl groups is 1. The third-order valence-electron chi connectivity index (χ3n) is 9.02. The van der Waals surface area contributed by atoms with Crippen molar-refractivity contribution in [2.75, 3.05) is 16.8 Å². The van der Waals surface area contributed by atoms with Gasteiger partial charge in [-0.05, 0) is 71.0 Å². The van der Waals surface area contributed by atoms with Crippen LogP contribution in [0.1, 0.15) is 66.8 Å². The first-order valence-corrected chi connectivity index (χ1v) is 18.7. The lowest BCUT2D eigenvalue weighted by molar-refractivity contribution is -0.645. The quantitative estimate of drug-likeness (QED) is 0.0290. The topological polar surface area (TPSA) is 150 Å². The number of rotatable bonds is 15. The van der Waals surface area contributed by atoms with Crippen LogP contribution < -0.4 is 21.1 Å². The highest BCUT2D eigenvalue weighted by molar-refractivity contribution is 7.99. The molecule has 1 fully saturated rings. The Kier molecular flexibility index (Phi) is 13.1. The van der Waals surface area contributed by atoms with Gasteiger partial charge < -0.3 is 36.2 Å². The monoisotopic (exact) mass is 732 g/mol. The Morgan fingerprint density at radius 3 is 2.32 bits per heavy atom. The minimum Gasteiger partial charge on any atom is -0.618 e.